The molecule has 0 heterocycles. The van der Waals surface area contributed by atoms with Gasteiger partial charge in [0.15, 0.2) is 0 Å². The van der Waals surface area contributed by atoms with E-state index in [-0.39, 0.29) is 23.9 Å². The first-order chi connectivity index (χ1) is 7.93. The lowest BCUT2D eigenvalue weighted by molar-refractivity contribution is -0.151. The molecule has 17 heavy (non-hydrogen) atoms. The molecule has 1 aliphatic rings. The zero-order valence-electron chi connectivity index (χ0n) is 11.0. The number of hydrogen-bond donors (Lipinski definition) is 1. The molecule has 98 valence electrons. The van der Waals surface area contributed by atoms with Gasteiger partial charge in [-0.3, -0.25) is 9.59 Å². The average molecular weight is 241 g/mol. The lowest BCUT2D eigenvalue weighted by Gasteiger charge is -2.35. The van der Waals surface area contributed by atoms with Crippen molar-refractivity contribution in [3.05, 3.63) is 0 Å². The molecule has 1 saturated carbocycles. The minimum absolute atomic E-state index is 0.0369. The number of carbonyl (C=O) groups is 2. The highest BCUT2D eigenvalue weighted by Gasteiger charge is 2.42. The smallest absolute Gasteiger partial charge is 0.323 e. The van der Waals surface area contributed by atoms with E-state index in [4.69, 9.17) is 5.11 Å². The van der Waals surface area contributed by atoms with Crippen LogP contribution in [0.2, 0.25) is 0 Å². The molecule has 1 aliphatic carbocycles. The molecule has 0 radical (unpaired) electrons. The zero-order chi connectivity index (χ0) is 13.1. The SMILES string of the molecule is CCC1(C(=O)N(CC(=O)O)C(C)C)CCCC1. The summed E-state index contributed by atoms with van der Waals surface area (Å²) in [6, 6.07) is -0.0531. The summed E-state index contributed by atoms with van der Waals surface area (Å²) in [6.45, 7) is 5.60. The van der Waals surface area contributed by atoms with Crippen molar-refractivity contribution < 1.29 is 14.7 Å². The van der Waals surface area contributed by atoms with Gasteiger partial charge in [-0.1, -0.05) is 19.8 Å². The normalized spacial score (nSPS) is 18.4. The number of rotatable bonds is 5. The summed E-state index contributed by atoms with van der Waals surface area (Å²) in [5, 5.41) is 8.89. The standard InChI is InChI=1S/C13H23NO3/c1-4-13(7-5-6-8-13)12(17)14(10(2)3)9-11(15)16/h10H,4-9H2,1-3H3,(H,15,16). The van der Waals surface area contributed by atoms with Crippen LogP contribution in [0.15, 0.2) is 0 Å². The van der Waals surface area contributed by atoms with E-state index in [1.165, 1.54) is 4.90 Å². The molecule has 0 unspecified atom stereocenters. The Hall–Kier alpha value is -1.06. The predicted molar refractivity (Wildman–Crippen MR) is 65.7 cm³/mol. The lowest BCUT2D eigenvalue weighted by atomic mass is 9.81. The van der Waals surface area contributed by atoms with Crippen LogP contribution in [0.5, 0.6) is 0 Å². The Morgan fingerprint density at radius 1 is 1.29 bits per heavy atom. The largest absolute Gasteiger partial charge is 0.480 e. The summed E-state index contributed by atoms with van der Waals surface area (Å²) in [4.78, 5) is 24.9. The zero-order valence-corrected chi connectivity index (χ0v) is 11.0. The molecule has 1 rings (SSSR count). The third-order valence-corrected chi connectivity index (χ3v) is 3.88. The van der Waals surface area contributed by atoms with Gasteiger partial charge in [0.1, 0.15) is 6.54 Å². The predicted octanol–water partition coefficient (Wildman–Crippen LogP) is 2.28. The molecular weight excluding hydrogens is 218 g/mol. The Morgan fingerprint density at radius 3 is 2.18 bits per heavy atom. The van der Waals surface area contributed by atoms with Crippen molar-refractivity contribution in [2.75, 3.05) is 6.54 Å². The van der Waals surface area contributed by atoms with Crippen LogP contribution in [0.3, 0.4) is 0 Å². The second-order valence-electron chi connectivity index (χ2n) is 5.26. The highest BCUT2D eigenvalue weighted by Crippen LogP contribution is 2.42. The number of carbonyl (C=O) groups excluding carboxylic acids is 1. The van der Waals surface area contributed by atoms with Gasteiger partial charge in [-0.25, -0.2) is 0 Å². The second-order valence-corrected chi connectivity index (χ2v) is 5.26. The monoisotopic (exact) mass is 241 g/mol. The molecule has 1 amide bonds. The van der Waals surface area contributed by atoms with Gasteiger partial charge < -0.3 is 10.0 Å². The van der Waals surface area contributed by atoms with E-state index in [1.807, 2.05) is 20.8 Å². The Kier molecular flexibility index (Phi) is 4.54. The molecule has 0 aromatic carbocycles. The van der Waals surface area contributed by atoms with Crippen LogP contribution in [0.4, 0.5) is 0 Å². The first-order valence-corrected chi connectivity index (χ1v) is 6.46. The first-order valence-electron chi connectivity index (χ1n) is 6.46. The van der Waals surface area contributed by atoms with E-state index in [0.29, 0.717) is 0 Å². The lowest BCUT2D eigenvalue weighted by Crippen LogP contribution is -2.48. The topological polar surface area (TPSA) is 57.6 Å². The van der Waals surface area contributed by atoms with E-state index in [0.717, 1.165) is 32.1 Å². The third-order valence-electron chi connectivity index (χ3n) is 3.88. The van der Waals surface area contributed by atoms with Crippen LogP contribution in [0.1, 0.15) is 52.9 Å². The van der Waals surface area contributed by atoms with E-state index < -0.39 is 5.97 Å². The number of amides is 1. The molecule has 0 atom stereocenters. The average Bonchev–Trinajstić information content (AvgIpc) is 2.74. The maximum Gasteiger partial charge on any atom is 0.323 e. The summed E-state index contributed by atoms with van der Waals surface area (Å²) >= 11 is 0. The van der Waals surface area contributed by atoms with Gasteiger partial charge >= 0.3 is 5.97 Å². The van der Waals surface area contributed by atoms with Crippen molar-refractivity contribution in [3.8, 4) is 0 Å². The summed E-state index contributed by atoms with van der Waals surface area (Å²) in [5.41, 5.74) is -0.292. The van der Waals surface area contributed by atoms with Crippen LogP contribution < -0.4 is 0 Å². The van der Waals surface area contributed by atoms with Gasteiger partial charge in [0, 0.05) is 11.5 Å². The van der Waals surface area contributed by atoms with Crippen molar-refractivity contribution in [2.45, 2.75) is 58.9 Å². The summed E-state index contributed by atoms with van der Waals surface area (Å²) in [7, 11) is 0. The minimum atomic E-state index is -0.934. The van der Waals surface area contributed by atoms with Crippen LogP contribution in [0.25, 0.3) is 0 Å². The minimum Gasteiger partial charge on any atom is -0.480 e. The van der Waals surface area contributed by atoms with Crippen molar-refractivity contribution in [1.82, 2.24) is 4.90 Å². The van der Waals surface area contributed by atoms with Gasteiger partial charge in [0.2, 0.25) is 5.91 Å². The molecule has 1 N–H and O–H groups in total. The van der Waals surface area contributed by atoms with E-state index in [9.17, 15) is 9.59 Å². The highest BCUT2D eigenvalue weighted by molar-refractivity contribution is 5.86. The van der Waals surface area contributed by atoms with Gasteiger partial charge in [0.25, 0.3) is 0 Å². The molecule has 1 fully saturated rings. The van der Waals surface area contributed by atoms with Gasteiger partial charge in [0.05, 0.1) is 0 Å². The van der Waals surface area contributed by atoms with Crippen LogP contribution in [-0.4, -0.2) is 34.5 Å². The molecule has 0 bridgehead atoms. The molecule has 0 spiro atoms. The van der Waals surface area contributed by atoms with E-state index in [1.54, 1.807) is 0 Å². The fourth-order valence-corrected chi connectivity index (χ4v) is 2.71. The molecule has 0 aromatic heterocycles. The number of carboxylic acids is 1. The fraction of sp³-hybridized carbons (Fsp3) is 0.846. The highest BCUT2D eigenvalue weighted by atomic mass is 16.4. The summed E-state index contributed by atoms with van der Waals surface area (Å²) < 4.78 is 0. The van der Waals surface area contributed by atoms with Gasteiger partial charge in [-0.2, -0.15) is 0 Å². The van der Waals surface area contributed by atoms with Gasteiger partial charge in [-0.15, -0.1) is 0 Å². The Bertz CT molecular complexity index is 293. The Labute approximate surface area is 103 Å². The van der Waals surface area contributed by atoms with E-state index >= 15 is 0 Å². The molecule has 4 heteroatoms. The maximum absolute atomic E-state index is 12.5. The first kappa shape index (κ1) is 14.0. The third kappa shape index (κ3) is 2.99. The van der Waals surface area contributed by atoms with Crippen LogP contribution in [-0.2, 0) is 9.59 Å². The van der Waals surface area contributed by atoms with Gasteiger partial charge in [-0.05, 0) is 33.1 Å². The molecule has 4 nitrogen and oxygen atoms in total. The summed E-state index contributed by atoms with van der Waals surface area (Å²) in [5.74, 6) is -0.897. The Balaban J connectivity index is 2.86. The quantitative estimate of drug-likeness (QED) is 0.803. The van der Waals surface area contributed by atoms with Crippen molar-refractivity contribution in [3.63, 3.8) is 0 Å². The molecule has 0 aliphatic heterocycles. The fourth-order valence-electron chi connectivity index (χ4n) is 2.71. The Morgan fingerprint density at radius 2 is 1.82 bits per heavy atom. The van der Waals surface area contributed by atoms with Crippen molar-refractivity contribution in [1.29, 1.82) is 0 Å². The number of carboxylic acid groups (broad SMARTS) is 1. The van der Waals surface area contributed by atoms with Crippen LogP contribution in [0, 0.1) is 5.41 Å². The number of aliphatic carboxylic acids is 1. The van der Waals surface area contributed by atoms with Crippen molar-refractivity contribution in [2.24, 2.45) is 5.41 Å². The van der Waals surface area contributed by atoms with Crippen LogP contribution >= 0.6 is 0 Å². The van der Waals surface area contributed by atoms with Crippen molar-refractivity contribution >= 4 is 11.9 Å². The maximum atomic E-state index is 12.5. The molecular formula is C13H23NO3. The van der Waals surface area contributed by atoms with E-state index in [2.05, 4.69) is 0 Å². The number of nitrogens with zero attached hydrogens (tertiary/aromatic N) is 1. The second kappa shape index (κ2) is 5.52. The summed E-state index contributed by atoms with van der Waals surface area (Å²) in [6.07, 6.45) is 4.79. The number of hydrogen-bond acceptors (Lipinski definition) is 2. The molecule has 0 aromatic rings. The molecule has 0 saturated heterocycles.